The third-order valence-corrected chi connectivity index (χ3v) is 4.60. The van der Waals surface area contributed by atoms with E-state index in [0.29, 0.717) is 0 Å². The molecule has 0 aliphatic carbocycles. The van der Waals surface area contributed by atoms with E-state index < -0.39 is 0 Å². The number of rotatable bonds is 3. The first-order valence-electron chi connectivity index (χ1n) is 6.05. The van der Waals surface area contributed by atoms with Crippen LogP contribution in [-0.4, -0.2) is 12.0 Å². The van der Waals surface area contributed by atoms with E-state index >= 15 is 0 Å². The van der Waals surface area contributed by atoms with Gasteiger partial charge in [-0.1, -0.05) is 35.9 Å². The van der Waals surface area contributed by atoms with Crippen LogP contribution in [0, 0.1) is 0 Å². The third kappa shape index (κ3) is 2.25. The SMILES string of the molecule is CNC(c1sccc1Cl)c1nccc2ccccc12. The molecule has 0 saturated heterocycles. The molecule has 0 amide bonds. The van der Waals surface area contributed by atoms with Crippen LogP contribution >= 0.6 is 22.9 Å². The van der Waals surface area contributed by atoms with Crippen molar-refractivity contribution in [2.45, 2.75) is 6.04 Å². The summed E-state index contributed by atoms with van der Waals surface area (Å²) in [5.41, 5.74) is 1.02. The molecule has 0 fully saturated rings. The fourth-order valence-electron chi connectivity index (χ4n) is 2.28. The van der Waals surface area contributed by atoms with Crippen LogP contribution < -0.4 is 5.32 Å². The lowest BCUT2D eigenvalue weighted by molar-refractivity contribution is 0.689. The molecule has 3 rings (SSSR count). The van der Waals surface area contributed by atoms with Gasteiger partial charge in [-0.2, -0.15) is 0 Å². The van der Waals surface area contributed by atoms with E-state index in [1.165, 1.54) is 5.39 Å². The summed E-state index contributed by atoms with van der Waals surface area (Å²) in [5, 5.41) is 8.47. The molecule has 1 aromatic carbocycles. The molecule has 0 aliphatic heterocycles. The first kappa shape index (κ1) is 12.6. The van der Waals surface area contributed by atoms with Crippen LogP contribution in [-0.2, 0) is 0 Å². The Morgan fingerprint density at radius 2 is 2.05 bits per heavy atom. The van der Waals surface area contributed by atoms with Crippen molar-refractivity contribution in [1.82, 2.24) is 10.3 Å². The van der Waals surface area contributed by atoms with E-state index in [-0.39, 0.29) is 6.04 Å². The normalized spacial score (nSPS) is 12.7. The average Bonchev–Trinajstić information content (AvgIpc) is 2.86. The van der Waals surface area contributed by atoms with Gasteiger partial charge in [0.2, 0.25) is 0 Å². The van der Waals surface area contributed by atoms with Crippen molar-refractivity contribution in [2.75, 3.05) is 7.05 Å². The summed E-state index contributed by atoms with van der Waals surface area (Å²) in [5.74, 6) is 0. The highest BCUT2D eigenvalue weighted by atomic mass is 35.5. The van der Waals surface area contributed by atoms with E-state index in [2.05, 4.69) is 22.4 Å². The summed E-state index contributed by atoms with van der Waals surface area (Å²) in [6.07, 6.45) is 1.85. The van der Waals surface area contributed by atoms with E-state index in [9.17, 15) is 0 Å². The Balaban J connectivity index is 2.20. The number of benzene rings is 1. The lowest BCUT2D eigenvalue weighted by Crippen LogP contribution is -2.18. The van der Waals surface area contributed by atoms with Crippen LogP contribution in [0.3, 0.4) is 0 Å². The molecule has 0 spiro atoms. The van der Waals surface area contributed by atoms with Gasteiger partial charge in [0.15, 0.2) is 0 Å². The maximum Gasteiger partial charge on any atom is 0.0863 e. The molecule has 1 atom stereocenters. The minimum Gasteiger partial charge on any atom is -0.307 e. The summed E-state index contributed by atoms with van der Waals surface area (Å²) >= 11 is 7.91. The monoisotopic (exact) mass is 288 g/mol. The Kier molecular flexibility index (Phi) is 3.51. The van der Waals surface area contributed by atoms with Gasteiger partial charge in [0, 0.05) is 16.5 Å². The van der Waals surface area contributed by atoms with Gasteiger partial charge < -0.3 is 5.32 Å². The van der Waals surface area contributed by atoms with Gasteiger partial charge >= 0.3 is 0 Å². The van der Waals surface area contributed by atoms with E-state index in [0.717, 1.165) is 21.0 Å². The Bertz CT molecular complexity index is 703. The Hall–Kier alpha value is -1.42. The van der Waals surface area contributed by atoms with Crippen LogP contribution in [0.25, 0.3) is 10.8 Å². The van der Waals surface area contributed by atoms with Gasteiger partial charge in [0.1, 0.15) is 0 Å². The quantitative estimate of drug-likeness (QED) is 0.779. The summed E-state index contributed by atoms with van der Waals surface area (Å²) in [6, 6.07) is 12.3. The van der Waals surface area contributed by atoms with Crippen LogP contribution in [0.5, 0.6) is 0 Å². The van der Waals surface area contributed by atoms with Gasteiger partial charge in [0.05, 0.1) is 16.8 Å². The number of halogens is 1. The zero-order valence-electron chi connectivity index (χ0n) is 10.4. The molecule has 0 aliphatic rings. The van der Waals surface area contributed by atoms with Crippen molar-refractivity contribution in [3.8, 4) is 0 Å². The minimum atomic E-state index is 0.0265. The number of nitrogens with one attached hydrogen (secondary N) is 1. The number of hydrogen-bond acceptors (Lipinski definition) is 3. The highest BCUT2D eigenvalue weighted by molar-refractivity contribution is 7.10. The standard InChI is InChI=1S/C15H13ClN2S/c1-17-14(15-12(16)7-9-19-15)13-11-5-3-2-4-10(11)6-8-18-13/h2-9,14,17H,1H3. The summed E-state index contributed by atoms with van der Waals surface area (Å²) in [4.78, 5) is 5.67. The van der Waals surface area contributed by atoms with Crippen LogP contribution in [0.1, 0.15) is 16.6 Å². The van der Waals surface area contributed by atoms with Crippen LogP contribution in [0.15, 0.2) is 48.0 Å². The number of fused-ring (bicyclic) bond motifs is 1. The molecule has 1 N–H and O–H groups in total. The highest BCUT2D eigenvalue weighted by Crippen LogP contribution is 2.34. The summed E-state index contributed by atoms with van der Waals surface area (Å²) in [7, 11) is 1.93. The zero-order chi connectivity index (χ0) is 13.2. The molecule has 2 heterocycles. The van der Waals surface area contributed by atoms with Gasteiger partial charge in [-0.25, -0.2) is 0 Å². The fourth-order valence-corrected chi connectivity index (χ4v) is 3.55. The lowest BCUT2D eigenvalue weighted by Gasteiger charge is -2.16. The Morgan fingerprint density at radius 1 is 1.21 bits per heavy atom. The number of nitrogens with zero attached hydrogens (tertiary/aromatic N) is 1. The lowest BCUT2D eigenvalue weighted by atomic mass is 10.0. The predicted molar refractivity (Wildman–Crippen MR) is 82.0 cm³/mol. The molecular weight excluding hydrogens is 276 g/mol. The van der Waals surface area contributed by atoms with E-state index in [1.54, 1.807) is 11.3 Å². The first-order chi connectivity index (χ1) is 9.31. The molecule has 96 valence electrons. The Morgan fingerprint density at radius 3 is 2.79 bits per heavy atom. The predicted octanol–water partition coefficient (Wildman–Crippen LogP) is 4.26. The number of thiophene rings is 1. The molecule has 19 heavy (non-hydrogen) atoms. The highest BCUT2D eigenvalue weighted by Gasteiger charge is 2.19. The van der Waals surface area contributed by atoms with E-state index in [1.807, 2.05) is 42.9 Å². The molecule has 2 aromatic heterocycles. The number of aromatic nitrogens is 1. The fraction of sp³-hybridized carbons (Fsp3) is 0.133. The molecule has 4 heteroatoms. The Labute approximate surface area is 121 Å². The maximum absolute atomic E-state index is 6.26. The second-order valence-corrected chi connectivity index (χ2v) is 5.63. The molecule has 1 unspecified atom stereocenters. The molecule has 0 saturated carbocycles. The average molecular weight is 289 g/mol. The molecule has 0 radical (unpaired) electrons. The van der Waals surface area contributed by atoms with Crippen molar-refractivity contribution >= 4 is 33.7 Å². The van der Waals surface area contributed by atoms with Crippen LogP contribution in [0.2, 0.25) is 5.02 Å². The van der Waals surface area contributed by atoms with Crippen molar-refractivity contribution < 1.29 is 0 Å². The molecule has 2 nitrogen and oxygen atoms in total. The van der Waals surface area contributed by atoms with E-state index in [4.69, 9.17) is 11.6 Å². The largest absolute Gasteiger partial charge is 0.307 e. The van der Waals surface area contributed by atoms with Gasteiger partial charge in [0.25, 0.3) is 0 Å². The summed E-state index contributed by atoms with van der Waals surface area (Å²) in [6.45, 7) is 0. The number of hydrogen-bond donors (Lipinski definition) is 1. The first-order valence-corrected chi connectivity index (χ1v) is 7.31. The molecular formula is C15H13ClN2S. The van der Waals surface area contributed by atoms with Gasteiger partial charge in [-0.3, -0.25) is 4.98 Å². The zero-order valence-corrected chi connectivity index (χ0v) is 12.0. The van der Waals surface area contributed by atoms with Crippen LogP contribution in [0.4, 0.5) is 0 Å². The van der Waals surface area contributed by atoms with Gasteiger partial charge in [-0.15, -0.1) is 11.3 Å². The smallest absolute Gasteiger partial charge is 0.0863 e. The van der Waals surface area contributed by atoms with Gasteiger partial charge in [-0.05, 0) is 29.9 Å². The third-order valence-electron chi connectivity index (χ3n) is 3.17. The van der Waals surface area contributed by atoms with Crippen molar-refractivity contribution in [3.63, 3.8) is 0 Å². The molecule has 0 bridgehead atoms. The van der Waals surface area contributed by atoms with Crippen molar-refractivity contribution in [3.05, 3.63) is 63.6 Å². The van der Waals surface area contributed by atoms with Crippen molar-refractivity contribution in [1.29, 1.82) is 0 Å². The number of pyridine rings is 1. The minimum absolute atomic E-state index is 0.0265. The second-order valence-electron chi connectivity index (χ2n) is 4.27. The van der Waals surface area contributed by atoms with Crippen molar-refractivity contribution in [2.24, 2.45) is 0 Å². The topological polar surface area (TPSA) is 24.9 Å². The molecule has 3 aromatic rings. The summed E-state index contributed by atoms with van der Waals surface area (Å²) < 4.78 is 0. The maximum atomic E-state index is 6.26. The second kappa shape index (κ2) is 5.29.